The molecule has 0 aliphatic carbocycles. The smallest absolute Gasteiger partial charge is 0.282 e. The van der Waals surface area contributed by atoms with Gasteiger partial charge in [-0.2, -0.15) is 8.42 Å². The fourth-order valence-corrected chi connectivity index (χ4v) is 2.59. The highest BCUT2D eigenvalue weighted by atomic mass is 32.2. The molecule has 2 aromatic rings. The van der Waals surface area contributed by atoms with Crippen molar-refractivity contribution in [2.24, 2.45) is 0 Å². The molecule has 0 spiro atoms. The topological polar surface area (TPSA) is 58.2 Å². The second-order valence-electron chi connectivity index (χ2n) is 5.96. The molecule has 1 aromatic heterocycles. The summed E-state index contributed by atoms with van der Waals surface area (Å²) in [6.07, 6.45) is 9.69. The number of aryl methyl sites for hydroxylation is 3. The molecule has 0 bridgehead atoms. The van der Waals surface area contributed by atoms with Gasteiger partial charge in [0.15, 0.2) is 12.4 Å². The van der Waals surface area contributed by atoms with Crippen molar-refractivity contribution in [2.75, 3.05) is 0 Å². The first-order valence-electron chi connectivity index (χ1n) is 8.33. The predicted octanol–water partition coefficient (Wildman–Crippen LogP) is 4.10. The Kier molecular flexibility index (Phi) is 8.65. The van der Waals surface area contributed by atoms with Crippen LogP contribution in [0.2, 0.25) is 0 Å². The highest BCUT2D eigenvalue weighted by molar-refractivity contribution is 7.85. The lowest BCUT2D eigenvalue weighted by Crippen LogP contribution is -2.32. The van der Waals surface area contributed by atoms with Crippen LogP contribution in [0.3, 0.4) is 0 Å². The Hall–Kier alpha value is -1.72. The third-order valence-corrected chi connectivity index (χ3v) is 4.51. The van der Waals surface area contributed by atoms with Crippen LogP contribution in [-0.2, 0) is 16.7 Å². The highest BCUT2D eigenvalue weighted by Gasteiger charge is 2.06. The first kappa shape index (κ1) is 20.3. The van der Waals surface area contributed by atoms with E-state index in [4.69, 9.17) is 4.55 Å². The van der Waals surface area contributed by atoms with Crippen LogP contribution in [0.4, 0.5) is 0 Å². The highest BCUT2D eigenvalue weighted by Crippen LogP contribution is 2.08. The molecule has 0 saturated heterocycles. The second kappa shape index (κ2) is 10.2. The van der Waals surface area contributed by atoms with E-state index in [-0.39, 0.29) is 4.90 Å². The van der Waals surface area contributed by atoms with Gasteiger partial charge in [-0.25, -0.2) is 4.57 Å². The molecule has 1 heterocycles. The van der Waals surface area contributed by atoms with E-state index in [1.165, 1.54) is 49.9 Å². The number of unbranched alkanes of at least 4 members (excludes halogenated alkanes) is 3. The van der Waals surface area contributed by atoms with Gasteiger partial charge in [0.25, 0.3) is 10.1 Å². The lowest BCUT2D eigenvalue weighted by Gasteiger charge is -1.97. The van der Waals surface area contributed by atoms with Crippen molar-refractivity contribution in [3.8, 4) is 0 Å². The fourth-order valence-electron chi connectivity index (χ4n) is 2.11. The molecule has 1 aromatic carbocycles. The summed E-state index contributed by atoms with van der Waals surface area (Å²) in [6.45, 7) is 7.38. The molecule has 4 nitrogen and oxygen atoms in total. The Morgan fingerprint density at radius 3 is 1.92 bits per heavy atom. The average molecular weight is 351 g/mol. The maximum Gasteiger partial charge on any atom is 0.294 e. The minimum atomic E-state index is -4.02. The number of rotatable bonds is 6. The zero-order chi connectivity index (χ0) is 18.0. The average Bonchev–Trinajstić information content (AvgIpc) is 2.53. The van der Waals surface area contributed by atoms with Crippen LogP contribution in [0, 0.1) is 13.8 Å². The van der Waals surface area contributed by atoms with Crippen molar-refractivity contribution in [3.05, 3.63) is 59.9 Å². The van der Waals surface area contributed by atoms with E-state index in [0.29, 0.717) is 0 Å². The Bertz CT molecular complexity index is 692. The van der Waals surface area contributed by atoms with Gasteiger partial charge in [0.2, 0.25) is 0 Å². The van der Waals surface area contributed by atoms with Gasteiger partial charge in [-0.05, 0) is 38.0 Å². The molecule has 0 aliphatic rings. The molecule has 24 heavy (non-hydrogen) atoms. The maximum atomic E-state index is 10.5. The molecule has 0 aliphatic heterocycles. The Labute approximate surface area is 145 Å². The fraction of sp³-hybridized carbons (Fsp3) is 0.421. The van der Waals surface area contributed by atoms with E-state index in [1.807, 2.05) is 6.92 Å². The van der Waals surface area contributed by atoms with E-state index in [1.54, 1.807) is 12.1 Å². The van der Waals surface area contributed by atoms with Gasteiger partial charge >= 0.3 is 0 Å². The quantitative estimate of drug-likeness (QED) is 0.485. The summed E-state index contributed by atoms with van der Waals surface area (Å²) < 4.78 is 31.8. The number of benzene rings is 1. The summed E-state index contributed by atoms with van der Waals surface area (Å²) in [5.74, 6) is 0. The van der Waals surface area contributed by atoms with E-state index in [2.05, 4.69) is 42.9 Å². The van der Waals surface area contributed by atoms with Crippen LogP contribution in [0.25, 0.3) is 0 Å². The van der Waals surface area contributed by atoms with Crippen LogP contribution in [0.1, 0.15) is 43.7 Å². The summed E-state index contributed by atoms with van der Waals surface area (Å²) in [7, 11) is -4.02. The summed E-state index contributed by atoms with van der Waals surface area (Å²) >= 11 is 0. The van der Waals surface area contributed by atoms with Crippen LogP contribution in [0.15, 0.2) is 53.7 Å². The van der Waals surface area contributed by atoms with E-state index < -0.39 is 10.1 Å². The summed E-state index contributed by atoms with van der Waals surface area (Å²) in [5, 5.41) is 0. The molecule has 5 heteroatoms. The SMILES string of the molecule is CCCCCC[n+]1ccc(C)cc1.Cc1ccc(S(=O)(=O)O)cc1. The predicted molar refractivity (Wildman–Crippen MR) is 96.5 cm³/mol. The van der Waals surface area contributed by atoms with Crippen molar-refractivity contribution >= 4 is 10.1 Å². The monoisotopic (exact) mass is 350 g/mol. The largest absolute Gasteiger partial charge is 0.294 e. The molecule has 132 valence electrons. The molecule has 0 radical (unpaired) electrons. The van der Waals surface area contributed by atoms with E-state index in [0.717, 1.165) is 5.56 Å². The van der Waals surface area contributed by atoms with Gasteiger partial charge in [-0.15, -0.1) is 0 Å². The Morgan fingerprint density at radius 2 is 1.42 bits per heavy atom. The van der Waals surface area contributed by atoms with Gasteiger partial charge in [-0.1, -0.05) is 37.5 Å². The maximum absolute atomic E-state index is 10.5. The van der Waals surface area contributed by atoms with Gasteiger partial charge in [0, 0.05) is 18.6 Å². The number of hydrogen-bond acceptors (Lipinski definition) is 2. The number of pyridine rings is 1. The molecule has 0 unspecified atom stereocenters. The summed E-state index contributed by atoms with van der Waals surface area (Å²) in [4.78, 5) is -0.0666. The Morgan fingerprint density at radius 1 is 0.875 bits per heavy atom. The molecule has 0 fully saturated rings. The third kappa shape index (κ3) is 8.22. The number of nitrogens with zero attached hydrogens (tertiary/aromatic N) is 1. The van der Waals surface area contributed by atoms with Crippen LogP contribution < -0.4 is 4.57 Å². The van der Waals surface area contributed by atoms with Crippen molar-refractivity contribution in [3.63, 3.8) is 0 Å². The minimum Gasteiger partial charge on any atom is -0.282 e. The van der Waals surface area contributed by atoms with Crippen molar-refractivity contribution < 1.29 is 17.5 Å². The summed E-state index contributed by atoms with van der Waals surface area (Å²) in [6, 6.07) is 10.3. The zero-order valence-electron chi connectivity index (χ0n) is 14.8. The first-order chi connectivity index (χ1) is 11.3. The first-order valence-corrected chi connectivity index (χ1v) is 9.77. The zero-order valence-corrected chi connectivity index (χ0v) is 15.6. The van der Waals surface area contributed by atoms with Crippen molar-refractivity contribution in [2.45, 2.75) is 57.9 Å². The van der Waals surface area contributed by atoms with Gasteiger partial charge in [0.05, 0.1) is 4.90 Å². The molecule has 2 rings (SSSR count). The molecule has 0 amide bonds. The molecule has 0 atom stereocenters. The van der Waals surface area contributed by atoms with Gasteiger partial charge in [-0.3, -0.25) is 4.55 Å². The van der Waals surface area contributed by atoms with E-state index >= 15 is 0 Å². The minimum absolute atomic E-state index is 0.0666. The van der Waals surface area contributed by atoms with Crippen LogP contribution in [-0.4, -0.2) is 13.0 Å². The molecule has 0 saturated carbocycles. The molecule has 1 N–H and O–H groups in total. The van der Waals surface area contributed by atoms with Gasteiger partial charge in [0.1, 0.15) is 6.54 Å². The van der Waals surface area contributed by atoms with Crippen molar-refractivity contribution in [1.29, 1.82) is 0 Å². The normalized spacial score (nSPS) is 10.8. The van der Waals surface area contributed by atoms with Crippen molar-refractivity contribution in [1.82, 2.24) is 0 Å². The molecular weight excluding hydrogens is 322 g/mol. The van der Waals surface area contributed by atoms with Crippen LogP contribution in [0.5, 0.6) is 0 Å². The third-order valence-electron chi connectivity index (χ3n) is 3.65. The molecular formula is C19H28NO3S+. The Balaban J connectivity index is 0.000000243. The summed E-state index contributed by atoms with van der Waals surface area (Å²) in [5.41, 5.74) is 2.29. The lowest BCUT2D eigenvalue weighted by atomic mass is 10.2. The van der Waals surface area contributed by atoms with E-state index in [9.17, 15) is 8.42 Å². The number of aromatic nitrogens is 1. The standard InChI is InChI=1S/C12H20N.C7H8O3S/c1-3-4-5-6-9-13-10-7-12(2)8-11-13;1-6-2-4-7(5-3-6)11(8,9)10/h7-8,10-11H,3-6,9H2,1-2H3;2-5H,1H3,(H,8,9,10)/q+1;. The van der Waals surface area contributed by atoms with Crippen LogP contribution >= 0.6 is 0 Å². The number of hydrogen-bond donors (Lipinski definition) is 1. The lowest BCUT2D eigenvalue weighted by molar-refractivity contribution is -0.697. The van der Waals surface area contributed by atoms with Gasteiger partial charge < -0.3 is 0 Å². The second-order valence-corrected chi connectivity index (χ2v) is 7.38.